The summed E-state index contributed by atoms with van der Waals surface area (Å²) in [5.74, 6) is 1.01. The fourth-order valence-electron chi connectivity index (χ4n) is 3.44. The van der Waals surface area contributed by atoms with Crippen LogP contribution in [0.1, 0.15) is 18.2 Å². The molecule has 1 aliphatic heterocycles. The van der Waals surface area contributed by atoms with E-state index in [1.807, 2.05) is 0 Å². The normalized spacial score (nSPS) is 16.1. The van der Waals surface area contributed by atoms with Crippen LogP contribution in [0.25, 0.3) is 11.5 Å². The lowest BCUT2D eigenvalue weighted by Gasteiger charge is -2.18. The van der Waals surface area contributed by atoms with Crippen LogP contribution in [0.15, 0.2) is 40.9 Å². The molecular formula is C21H20FN3O5. The zero-order chi connectivity index (χ0) is 21.3. The quantitative estimate of drug-likeness (QED) is 0.612. The lowest BCUT2D eigenvalue weighted by atomic mass is 10.1. The number of carbonyl (C=O) groups excluding carboxylic acids is 1. The summed E-state index contributed by atoms with van der Waals surface area (Å²) in [4.78, 5) is 18.6. The third-order valence-corrected chi connectivity index (χ3v) is 5.01. The van der Waals surface area contributed by atoms with Gasteiger partial charge in [-0.2, -0.15) is 4.98 Å². The van der Waals surface area contributed by atoms with E-state index >= 15 is 0 Å². The number of hydrogen-bond donors (Lipinski definition) is 0. The van der Waals surface area contributed by atoms with Crippen LogP contribution in [-0.2, 0) is 4.79 Å². The van der Waals surface area contributed by atoms with E-state index in [-0.39, 0.29) is 29.9 Å². The van der Waals surface area contributed by atoms with Crippen LogP contribution < -0.4 is 19.1 Å². The van der Waals surface area contributed by atoms with E-state index in [0.717, 1.165) is 0 Å². The van der Waals surface area contributed by atoms with Crippen molar-refractivity contribution in [2.24, 2.45) is 0 Å². The lowest BCUT2D eigenvalue weighted by molar-refractivity contribution is -0.117. The Hall–Kier alpha value is -3.62. The summed E-state index contributed by atoms with van der Waals surface area (Å²) in [5, 5.41) is 4.01. The van der Waals surface area contributed by atoms with Gasteiger partial charge >= 0.3 is 0 Å². The molecule has 156 valence electrons. The Balaban J connectivity index is 1.54. The second-order valence-electron chi connectivity index (χ2n) is 6.75. The van der Waals surface area contributed by atoms with Gasteiger partial charge in [-0.15, -0.1) is 0 Å². The van der Waals surface area contributed by atoms with Crippen molar-refractivity contribution in [1.29, 1.82) is 0 Å². The van der Waals surface area contributed by atoms with Gasteiger partial charge in [-0.25, -0.2) is 4.39 Å². The van der Waals surface area contributed by atoms with Crippen LogP contribution in [0.5, 0.6) is 17.2 Å². The summed E-state index contributed by atoms with van der Waals surface area (Å²) < 4.78 is 34.7. The summed E-state index contributed by atoms with van der Waals surface area (Å²) in [7, 11) is 4.49. The van der Waals surface area contributed by atoms with Gasteiger partial charge in [-0.1, -0.05) is 5.16 Å². The van der Waals surface area contributed by atoms with Crippen molar-refractivity contribution in [2.75, 3.05) is 32.8 Å². The molecule has 30 heavy (non-hydrogen) atoms. The number of benzene rings is 2. The molecule has 0 bridgehead atoms. The molecule has 1 saturated heterocycles. The molecule has 0 N–H and O–H groups in total. The molecule has 9 heteroatoms. The zero-order valence-corrected chi connectivity index (χ0v) is 16.7. The smallest absolute Gasteiger partial charge is 0.258 e. The molecule has 0 aliphatic carbocycles. The molecule has 1 aliphatic rings. The van der Waals surface area contributed by atoms with Crippen molar-refractivity contribution in [3.05, 3.63) is 48.0 Å². The first-order chi connectivity index (χ1) is 14.5. The van der Waals surface area contributed by atoms with Gasteiger partial charge in [0.1, 0.15) is 0 Å². The molecule has 8 nitrogen and oxygen atoms in total. The highest BCUT2D eigenvalue weighted by Gasteiger charge is 2.35. The second kappa shape index (κ2) is 8.02. The first-order valence-corrected chi connectivity index (χ1v) is 9.24. The van der Waals surface area contributed by atoms with E-state index in [2.05, 4.69) is 10.1 Å². The minimum Gasteiger partial charge on any atom is -0.494 e. The molecule has 0 unspecified atom stereocenters. The Morgan fingerprint density at radius 2 is 1.77 bits per heavy atom. The molecule has 3 aromatic rings. The first-order valence-electron chi connectivity index (χ1n) is 9.24. The first kappa shape index (κ1) is 19.7. The van der Waals surface area contributed by atoms with Crippen LogP contribution in [0, 0.1) is 5.82 Å². The second-order valence-corrected chi connectivity index (χ2v) is 6.75. The van der Waals surface area contributed by atoms with E-state index in [0.29, 0.717) is 35.1 Å². The van der Waals surface area contributed by atoms with Crippen molar-refractivity contribution < 1.29 is 27.9 Å². The highest BCUT2D eigenvalue weighted by molar-refractivity contribution is 5.96. The van der Waals surface area contributed by atoms with Crippen LogP contribution in [0.2, 0.25) is 0 Å². The molecule has 1 fully saturated rings. The van der Waals surface area contributed by atoms with Crippen molar-refractivity contribution in [3.8, 4) is 28.7 Å². The Labute approximate surface area is 172 Å². The van der Waals surface area contributed by atoms with Crippen molar-refractivity contribution >= 4 is 11.6 Å². The van der Waals surface area contributed by atoms with E-state index in [1.165, 1.54) is 19.2 Å². The number of hydrogen-bond acceptors (Lipinski definition) is 7. The molecule has 2 aromatic carbocycles. The third-order valence-electron chi connectivity index (χ3n) is 5.01. The molecule has 1 atom stereocenters. The summed E-state index contributed by atoms with van der Waals surface area (Å²) in [6.07, 6.45) is 0.240. The number of nitrogens with zero attached hydrogens (tertiary/aromatic N) is 3. The number of amides is 1. The van der Waals surface area contributed by atoms with Gasteiger partial charge in [-0.05, 0) is 30.3 Å². The van der Waals surface area contributed by atoms with Crippen LogP contribution >= 0.6 is 0 Å². The molecule has 1 aromatic heterocycles. The minimum absolute atomic E-state index is 0.0611. The third kappa shape index (κ3) is 3.54. The molecule has 0 saturated carbocycles. The average Bonchev–Trinajstić information content (AvgIpc) is 3.40. The van der Waals surface area contributed by atoms with Gasteiger partial charge in [0, 0.05) is 36.2 Å². The van der Waals surface area contributed by atoms with Crippen LogP contribution in [-0.4, -0.2) is 43.9 Å². The molecule has 0 radical (unpaired) electrons. The molecule has 1 amide bonds. The van der Waals surface area contributed by atoms with Gasteiger partial charge < -0.3 is 23.6 Å². The molecule has 4 rings (SSSR count). The van der Waals surface area contributed by atoms with Gasteiger partial charge in [0.05, 0.1) is 21.3 Å². The maximum absolute atomic E-state index is 14.0. The monoisotopic (exact) mass is 413 g/mol. The summed E-state index contributed by atoms with van der Waals surface area (Å²) in [5.41, 5.74) is 1.13. The number of carbonyl (C=O) groups is 1. The van der Waals surface area contributed by atoms with Gasteiger partial charge in [0.25, 0.3) is 5.89 Å². The van der Waals surface area contributed by atoms with Crippen molar-refractivity contribution in [2.45, 2.75) is 12.3 Å². The van der Waals surface area contributed by atoms with E-state index in [1.54, 1.807) is 43.4 Å². The fraction of sp³-hybridized carbons (Fsp3) is 0.286. The lowest BCUT2D eigenvalue weighted by Crippen LogP contribution is -2.24. The number of rotatable bonds is 6. The SMILES string of the molecule is COc1ccc(-c2nc([C@@H]3CC(=O)N(c4ccc(OC)c(OC)c4)C3)no2)cc1F. The largest absolute Gasteiger partial charge is 0.494 e. The van der Waals surface area contributed by atoms with Crippen LogP contribution in [0.3, 0.4) is 0 Å². The highest BCUT2D eigenvalue weighted by atomic mass is 19.1. The molecule has 0 spiro atoms. The van der Waals surface area contributed by atoms with Gasteiger partial charge in [0.15, 0.2) is 28.9 Å². The number of aromatic nitrogens is 2. The van der Waals surface area contributed by atoms with E-state index in [4.69, 9.17) is 18.7 Å². The van der Waals surface area contributed by atoms with E-state index in [9.17, 15) is 9.18 Å². The van der Waals surface area contributed by atoms with E-state index < -0.39 is 5.82 Å². The Kier molecular flexibility index (Phi) is 5.26. The Morgan fingerprint density at radius 3 is 2.47 bits per heavy atom. The summed E-state index contributed by atoms with van der Waals surface area (Å²) in [6.45, 7) is 0.393. The van der Waals surface area contributed by atoms with Crippen molar-refractivity contribution in [3.63, 3.8) is 0 Å². The topological polar surface area (TPSA) is 86.9 Å². The zero-order valence-electron chi connectivity index (χ0n) is 16.7. The minimum atomic E-state index is -0.523. The van der Waals surface area contributed by atoms with Gasteiger partial charge in [-0.3, -0.25) is 4.79 Å². The molecule has 2 heterocycles. The number of halogens is 1. The van der Waals surface area contributed by atoms with Crippen molar-refractivity contribution in [1.82, 2.24) is 10.1 Å². The summed E-state index contributed by atoms with van der Waals surface area (Å²) in [6, 6.07) is 9.69. The maximum Gasteiger partial charge on any atom is 0.258 e. The fourth-order valence-corrected chi connectivity index (χ4v) is 3.44. The molecular weight excluding hydrogens is 393 g/mol. The average molecular weight is 413 g/mol. The number of ether oxygens (including phenoxy) is 3. The number of anilines is 1. The van der Waals surface area contributed by atoms with Gasteiger partial charge in [0.2, 0.25) is 5.91 Å². The predicted molar refractivity (Wildman–Crippen MR) is 106 cm³/mol. The predicted octanol–water partition coefficient (Wildman–Crippen LogP) is 3.42. The highest BCUT2D eigenvalue weighted by Crippen LogP contribution is 2.36. The summed E-state index contributed by atoms with van der Waals surface area (Å²) >= 11 is 0. The Bertz CT molecular complexity index is 1080. The van der Waals surface area contributed by atoms with Crippen LogP contribution in [0.4, 0.5) is 10.1 Å². The standard InChI is InChI=1S/C21H20FN3O5/c1-27-16-6-4-12(8-15(16)22)21-23-20(24-30-21)13-9-19(26)25(11-13)14-5-7-17(28-2)18(10-14)29-3/h4-8,10,13H,9,11H2,1-3H3/t13-/m1/s1. The Morgan fingerprint density at radius 1 is 1.03 bits per heavy atom. The maximum atomic E-state index is 14.0. The number of methoxy groups -OCH3 is 3.